The van der Waals surface area contributed by atoms with E-state index in [1.165, 1.54) is 13.0 Å². The van der Waals surface area contributed by atoms with Crippen molar-refractivity contribution in [2.24, 2.45) is 0 Å². The third kappa shape index (κ3) is 1.01. The normalized spacial score (nSPS) is 9.33. The van der Waals surface area contributed by atoms with Gasteiger partial charge in [-0.2, -0.15) is 5.26 Å². The van der Waals surface area contributed by atoms with Gasteiger partial charge in [-0.1, -0.05) is 0 Å². The molecule has 0 aliphatic carbocycles. The number of rotatable bonds is 0. The monoisotopic (exact) mass is 165 g/mol. The van der Waals surface area contributed by atoms with Gasteiger partial charge in [-0.15, -0.1) is 0 Å². The molecule has 1 rings (SSSR count). The molecular weight excluding hydrogens is 158 g/mol. The van der Waals surface area contributed by atoms with Crippen LogP contribution in [0.25, 0.3) is 0 Å². The van der Waals surface area contributed by atoms with E-state index in [-0.39, 0.29) is 5.56 Å². The molecule has 62 valence electrons. The molecule has 12 heavy (non-hydrogen) atoms. The van der Waals surface area contributed by atoms with Gasteiger partial charge in [0.1, 0.15) is 6.07 Å². The van der Waals surface area contributed by atoms with Crippen LogP contribution in [0, 0.1) is 18.3 Å². The molecule has 0 atom stereocenters. The third-order valence-corrected chi connectivity index (χ3v) is 1.56. The van der Waals surface area contributed by atoms with Crippen LogP contribution in [0.1, 0.15) is 11.1 Å². The van der Waals surface area contributed by atoms with Gasteiger partial charge in [0.25, 0.3) is 0 Å². The summed E-state index contributed by atoms with van der Waals surface area (Å²) in [6, 6.07) is 2.98. The molecule has 0 saturated heterocycles. The Morgan fingerprint density at radius 1 is 1.17 bits per heavy atom. The maximum absolute atomic E-state index is 9.09. The Morgan fingerprint density at radius 3 is 2.25 bits per heavy atom. The van der Waals surface area contributed by atoms with E-state index in [9.17, 15) is 0 Å². The number of nitriles is 1. The predicted octanol–water partition coefficient (Wildman–Crippen LogP) is 0.983. The largest absolute Gasteiger partial charge is 0.504 e. The lowest BCUT2D eigenvalue weighted by Crippen LogP contribution is -1.82. The minimum Gasteiger partial charge on any atom is -0.504 e. The Balaban J connectivity index is 3.52. The Labute approximate surface area is 68.9 Å². The molecule has 0 heterocycles. The molecular formula is C8H7NO3. The van der Waals surface area contributed by atoms with E-state index in [0.29, 0.717) is 5.56 Å². The molecule has 0 spiro atoms. The van der Waals surface area contributed by atoms with Gasteiger partial charge in [0.2, 0.25) is 5.75 Å². The minimum absolute atomic E-state index is 0.0530. The zero-order valence-electron chi connectivity index (χ0n) is 6.37. The summed E-state index contributed by atoms with van der Waals surface area (Å²) in [6.45, 7) is 1.52. The number of hydrogen-bond acceptors (Lipinski definition) is 4. The molecule has 4 nitrogen and oxygen atoms in total. The van der Waals surface area contributed by atoms with Gasteiger partial charge in [0.15, 0.2) is 11.5 Å². The lowest BCUT2D eigenvalue weighted by atomic mass is 10.1. The summed E-state index contributed by atoms with van der Waals surface area (Å²) in [5.41, 5.74) is 0.296. The van der Waals surface area contributed by atoms with E-state index < -0.39 is 17.2 Å². The van der Waals surface area contributed by atoms with E-state index in [1.54, 1.807) is 6.07 Å². The molecule has 0 unspecified atom stereocenters. The average Bonchev–Trinajstić information content (AvgIpc) is 2.08. The number of nitrogens with zero attached hydrogens (tertiary/aromatic N) is 1. The van der Waals surface area contributed by atoms with Gasteiger partial charge >= 0.3 is 0 Å². The lowest BCUT2D eigenvalue weighted by molar-refractivity contribution is 0.365. The molecule has 0 fully saturated rings. The summed E-state index contributed by atoms with van der Waals surface area (Å²) >= 11 is 0. The van der Waals surface area contributed by atoms with Crippen LogP contribution in [0.15, 0.2) is 6.07 Å². The van der Waals surface area contributed by atoms with Gasteiger partial charge in [-0.05, 0) is 18.6 Å². The maximum atomic E-state index is 9.09. The molecule has 0 saturated carbocycles. The summed E-state index contributed by atoms with van der Waals surface area (Å²) in [7, 11) is 0. The van der Waals surface area contributed by atoms with Gasteiger partial charge in [0, 0.05) is 0 Å². The molecule has 1 aromatic carbocycles. The van der Waals surface area contributed by atoms with Crippen molar-refractivity contribution in [3.05, 3.63) is 17.2 Å². The molecule has 0 aliphatic rings. The number of aromatic hydroxyl groups is 3. The van der Waals surface area contributed by atoms with Crippen molar-refractivity contribution in [3.63, 3.8) is 0 Å². The van der Waals surface area contributed by atoms with Gasteiger partial charge < -0.3 is 15.3 Å². The Hall–Kier alpha value is -1.89. The van der Waals surface area contributed by atoms with Crippen molar-refractivity contribution in [3.8, 4) is 23.3 Å². The number of aryl methyl sites for hydroxylation is 1. The lowest BCUT2D eigenvalue weighted by Gasteiger charge is -2.04. The Morgan fingerprint density at radius 2 is 1.75 bits per heavy atom. The quantitative estimate of drug-likeness (QED) is 0.500. The molecule has 1 aromatic rings. The van der Waals surface area contributed by atoms with Crippen molar-refractivity contribution in [2.45, 2.75) is 6.92 Å². The fourth-order valence-electron chi connectivity index (χ4n) is 0.865. The van der Waals surface area contributed by atoms with E-state index in [1.807, 2.05) is 0 Å². The second-order valence-corrected chi connectivity index (χ2v) is 2.40. The smallest absolute Gasteiger partial charge is 0.201 e. The van der Waals surface area contributed by atoms with Crippen molar-refractivity contribution < 1.29 is 15.3 Å². The SMILES string of the molecule is Cc1cc(C#N)c(O)c(O)c1O. The first kappa shape index (κ1) is 8.21. The molecule has 4 heteroatoms. The third-order valence-electron chi connectivity index (χ3n) is 1.56. The van der Waals surface area contributed by atoms with Crippen LogP contribution in [-0.4, -0.2) is 15.3 Å². The zero-order chi connectivity index (χ0) is 9.30. The highest BCUT2D eigenvalue weighted by atomic mass is 16.3. The predicted molar refractivity (Wildman–Crippen MR) is 40.9 cm³/mol. The summed E-state index contributed by atoms with van der Waals surface area (Å²) < 4.78 is 0. The van der Waals surface area contributed by atoms with Crippen LogP contribution in [0.3, 0.4) is 0 Å². The van der Waals surface area contributed by atoms with Crippen molar-refractivity contribution in [1.82, 2.24) is 0 Å². The highest BCUT2D eigenvalue weighted by Crippen LogP contribution is 2.39. The second kappa shape index (κ2) is 2.62. The first-order valence-corrected chi connectivity index (χ1v) is 3.22. The van der Waals surface area contributed by atoms with E-state index in [2.05, 4.69) is 0 Å². The second-order valence-electron chi connectivity index (χ2n) is 2.40. The van der Waals surface area contributed by atoms with E-state index in [4.69, 9.17) is 20.6 Å². The zero-order valence-corrected chi connectivity index (χ0v) is 6.37. The molecule has 0 amide bonds. The first-order valence-electron chi connectivity index (χ1n) is 3.22. The number of hydrogen-bond donors (Lipinski definition) is 3. The molecule has 0 bridgehead atoms. The Kier molecular flexibility index (Phi) is 1.80. The highest BCUT2D eigenvalue weighted by Gasteiger charge is 2.13. The van der Waals surface area contributed by atoms with Gasteiger partial charge in [-0.25, -0.2) is 0 Å². The minimum atomic E-state index is -0.647. The van der Waals surface area contributed by atoms with E-state index >= 15 is 0 Å². The van der Waals surface area contributed by atoms with Crippen LogP contribution < -0.4 is 0 Å². The molecule has 0 aliphatic heterocycles. The number of phenols is 3. The molecule has 0 aromatic heterocycles. The van der Waals surface area contributed by atoms with Crippen molar-refractivity contribution in [2.75, 3.05) is 0 Å². The van der Waals surface area contributed by atoms with Crippen LogP contribution in [-0.2, 0) is 0 Å². The summed E-state index contributed by atoms with van der Waals surface area (Å²) in [5.74, 6) is -1.63. The number of benzene rings is 1. The summed E-state index contributed by atoms with van der Waals surface area (Å²) in [6.07, 6.45) is 0. The van der Waals surface area contributed by atoms with Gasteiger partial charge in [0.05, 0.1) is 5.56 Å². The van der Waals surface area contributed by atoms with Crippen molar-refractivity contribution >= 4 is 0 Å². The Bertz CT molecular complexity index is 366. The standard InChI is InChI=1S/C8H7NO3/c1-4-2-5(3-9)7(11)8(12)6(4)10/h2,10-12H,1H3. The summed E-state index contributed by atoms with van der Waals surface area (Å²) in [4.78, 5) is 0. The molecule has 3 N–H and O–H groups in total. The van der Waals surface area contributed by atoms with Crippen LogP contribution in [0.5, 0.6) is 17.2 Å². The summed E-state index contributed by atoms with van der Waals surface area (Å²) in [5, 5.41) is 35.7. The average molecular weight is 165 g/mol. The van der Waals surface area contributed by atoms with Crippen LogP contribution >= 0.6 is 0 Å². The number of phenolic OH excluding ortho intramolecular Hbond substituents is 3. The maximum Gasteiger partial charge on any atom is 0.201 e. The van der Waals surface area contributed by atoms with E-state index in [0.717, 1.165) is 0 Å². The fourth-order valence-corrected chi connectivity index (χ4v) is 0.865. The molecule has 0 radical (unpaired) electrons. The first-order chi connectivity index (χ1) is 5.57. The van der Waals surface area contributed by atoms with Crippen LogP contribution in [0.2, 0.25) is 0 Å². The van der Waals surface area contributed by atoms with Crippen molar-refractivity contribution in [1.29, 1.82) is 5.26 Å². The highest BCUT2D eigenvalue weighted by molar-refractivity contribution is 5.60. The van der Waals surface area contributed by atoms with Gasteiger partial charge in [-0.3, -0.25) is 0 Å². The van der Waals surface area contributed by atoms with Crippen LogP contribution in [0.4, 0.5) is 0 Å². The topological polar surface area (TPSA) is 84.5 Å². The fraction of sp³-hybridized carbons (Fsp3) is 0.125.